The number of hydrogen-bond donors (Lipinski definition) is 1. The minimum atomic E-state index is -1.53. The third-order valence-corrected chi connectivity index (χ3v) is 3.42. The zero-order chi connectivity index (χ0) is 13.8. The molecule has 1 spiro atoms. The highest BCUT2D eigenvalue weighted by Crippen LogP contribution is 2.39. The molecule has 1 N–H and O–H groups in total. The standard InChI is InChI=1S/C14H10O5/c1-7-5-14(19-13(7)18)6-10(16)11-8(12(14)17)3-2-4-9(11)15/h2-5,15H,6H2,1H3/t14-/m1/s1. The number of benzene rings is 1. The minimum absolute atomic E-state index is 0.00660. The molecule has 1 atom stereocenters. The molecular weight excluding hydrogens is 248 g/mol. The van der Waals surface area contributed by atoms with Crippen LogP contribution in [0.3, 0.4) is 0 Å². The largest absolute Gasteiger partial charge is 0.507 e. The van der Waals surface area contributed by atoms with Gasteiger partial charge in [-0.1, -0.05) is 12.1 Å². The zero-order valence-corrected chi connectivity index (χ0v) is 10.1. The number of carbonyl (C=O) groups is 3. The lowest BCUT2D eigenvalue weighted by molar-refractivity contribution is -0.143. The Labute approximate surface area is 108 Å². The van der Waals surface area contributed by atoms with E-state index in [0.717, 1.165) is 0 Å². The van der Waals surface area contributed by atoms with Gasteiger partial charge >= 0.3 is 5.97 Å². The molecule has 2 aliphatic rings. The molecule has 3 rings (SSSR count). The van der Waals surface area contributed by atoms with Crippen molar-refractivity contribution in [3.8, 4) is 5.75 Å². The average molecular weight is 258 g/mol. The maximum absolute atomic E-state index is 12.4. The predicted octanol–water partition coefficient (Wildman–Crippen LogP) is 1.40. The second kappa shape index (κ2) is 3.54. The van der Waals surface area contributed by atoms with Crippen LogP contribution in [-0.4, -0.2) is 28.2 Å². The van der Waals surface area contributed by atoms with E-state index in [0.29, 0.717) is 5.57 Å². The number of fused-ring (bicyclic) bond motifs is 1. The molecule has 1 aromatic rings. The van der Waals surface area contributed by atoms with Crippen molar-refractivity contribution in [2.45, 2.75) is 18.9 Å². The van der Waals surface area contributed by atoms with Gasteiger partial charge in [0.05, 0.1) is 12.0 Å². The third kappa shape index (κ3) is 1.44. The van der Waals surface area contributed by atoms with E-state index in [-0.39, 0.29) is 23.3 Å². The highest BCUT2D eigenvalue weighted by Gasteiger charge is 2.51. The Bertz CT molecular complexity index is 670. The molecule has 5 nitrogen and oxygen atoms in total. The van der Waals surface area contributed by atoms with Crippen LogP contribution in [-0.2, 0) is 9.53 Å². The van der Waals surface area contributed by atoms with Crippen LogP contribution in [0.1, 0.15) is 34.1 Å². The first-order valence-corrected chi connectivity index (χ1v) is 5.77. The molecule has 1 aliphatic carbocycles. The Morgan fingerprint density at radius 3 is 2.63 bits per heavy atom. The van der Waals surface area contributed by atoms with Crippen molar-refractivity contribution in [3.05, 3.63) is 41.0 Å². The van der Waals surface area contributed by atoms with Crippen LogP contribution >= 0.6 is 0 Å². The van der Waals surface area contributed by atoms with Crippen molar-refractivity contribution in [3.63, 3.8) is 0 Å². The fourth-order valence-corrected chi connectivity index (χ4v) is 2.54. The van der Waals surface area contributed by atoms with E-state index in [2.05, 4.69) is 0 Å². The molecule has 96 valence electrons. The molecule has 0 fully saturated rings. The molecule has 0 unspecified atom stereocenters. The molecular formula is C14H10O5. The van der Waals surface area contributed by atoms with Crippen LogP contribution in [0.5, 0.6) is 5.75 Å². The highest BCUT2D eigenvalue weighted by molar-refractivity contribution is 6.21. The summed E-state index contributed by atoms with van der Waals surface area (Å²) in [5.41, 5.74) is -1.12. The summed E-state index contributed by atoms with van der Waals surface area (Å²) >= 11 is 0. The van der Waals surface area contributed by atoms with Gasteiger partial charge in [-0.05, 0) is 19.1 Å². The number of rotatable bonds is 0. The first-order chi connectivity index (χ1) is 8.94. The number of ketones is 2. The van der Waals surface area contributed by atoms with Crippen LogP contribution in [0, 0.1) is 0 Å². The summed E-state index contributed by atoms with van der Waals surface area (Å²) in [5.74, 6) is -1.70. The van der Waals surface area contributed by atoms with Crippen molar-refractivity contribution in [2.75, 3.05) is 0 Å². The first-order valence-electron chi connectivity index (χ1n) is 5.77. The van der Waals surface area contributed by atoms with E-state index < -0.39 is 23.1 Å². The van der Waals surface area contributed by atoms with Crippen LogP contribution in [0.4, 0.5) is 0 Å². The Hall–Kier alpha value is -2.43. The molecule has 19 heavy (non-hydrogen) atoms. The van der Waals surface area contributed by atoms with Crippen molar-refractivity contribution >= 4 is 17.5 Å². The van der Waals surface area contributed by atoms with Crippen LogP contribution in [0.25, 0.3) is 0 Å². The number of hydrogen-bond acceptors (Lipinski definition) is 5. The Balaban J connectivity index is 2.20. The topological polar surface area (TPSA) is 80.7 Å². The molecule has 0 saturated carbocycles. The van der Waals surface area contributed by atoms with Crippen LogP contribution in [0.2, 0.25) is 0 Å². The fraction of sp³-hybridized carbons (Fsp3) is 0.214. The second-order valence-corrected chi connectivity index (χ2v) is 4.74. The van der Waals surface area contributed by atoms with E-state index >= 15 is 0 Å². The van der Waals surface area contributed by atoms with E-state index in [1.165, 1.54) is 31.2 Å². The molecule has 0 aromatic heterocycles. The summed E-state index contributed by atoms with van der Waals surface area (Å²) in [5, 5.41) is 9.68. The minimum Gasteiger partial charge on any atom is -0.507 e. The van der Waals surface area contributed by atoms with Gasteiger partial charge in [-0.15, -0.1) is 0 Å². The smallest absolute Gasteiger partial charge is 0.334 e. The molecule has 1 aromatic carbocycles. The number of phenols is 1. The normalized spacial score (nSPS) is 25.3. The monoisotopic (exact) mass is 258 g/mol. The lowest BCUT2D eigenvalue weighted by Crippen LogP contribution is -2.44. The third-order valence-electron chi connectivity index (χ3n) is 3.42. The van der Waals surface area contributed by atoms with Gasteiger partial charge in [0.1, 0.15) is 5.75 Å². The Morgan fingerprint density at radius 2 is 2.00 bits per heavy atom. The molecule has 1 heterocycles. The highest BCUT2D eigenvalue weighted by atomic mass is 16.6. The van der Waals surface area contributed by atoms with Gasteiger partial charge in [-0.3, -0.25) is 9.59 Å². The molecule has 0 saturated heterocycles. The van der Waals surface area contributed by atoms with E-state index in [1.807, 2.05) is 0 Å². The van der Waals surface area contributed by atoms with Gasteiger partial charge in [-0.25, -0.2) is 4.79 Å². The van der Waals surface area contributed by atoms with Crippen molar-refractivity contribution in [2.24, 2.45) is 0 Å². The predicted molar refractivity (Wildman–Crippen MR) is 64.0 cm³/mol. The van der Waals surface area contributed by atoms with Gasteiger partial charge in [0, 0.05) is 11.1 Å². The number of phenolic OH excluding ortho intramolecular Hbond substituents is 1. The molecule has 0 amide bonds. The zero-order valence-electron chi connectivity index (χ0n) is 10.1. The van der Waals surface area contributed by atoms with E-state index in [4.69, 9.17) is 4.74 Å². The maximum Gasteiger partial charge on any atom is 0.334 e. The number of esters is 1. The number of carbonyl (C=O) groups excluding carboxylic acids is 3. The van der Waals surface area contributed by atoms with Crippen LogP contribution < -0.4 is 0 Å². The lowest BCUT2D eigenvalue weighted by Gasteiger charge is -2.29. The van der Waals surface area contributed by atoms with Gasteiger partial charge in [-0.2, -0.15) is 0 Å². The van der Waals surface area contributed by atoms with Crippen molar-refractivity contribution in [1.29, 1.82) is 0 Å². The summed E-state index contributed by atoms with van der Waals surface area (Å²) < 4.78 is 5.10. The van der Waals surface area contributed by atoms with E-state index in [1.54, 1.807) is 0 Å². The van der Waals surface area contributed by atoms with Crippen molar-refractivity contribution in [1.82, 2.24) is 0 Å². The molecule has 0 radical (unpaired) electrons. The summed E-state index contributed by atoms with van der Waals surface area (Å²) in [7, 11) is 0. The summed E-state index contributed by atoms with van der Waals surface area (Å²) in [6, 6.07) is 4.28. The number of ether oxygens (including phenoxy) is 1. The number of aromatic hydroxyl groups is 1. The second-order valence-electron chi connectivity index (χ2n) is 4.74. The van der Waals surface area contributed by atoms with Gasteiger partial charge < -0.3 is 9.84 Å². The lowest BCUT2D eigenvalue weighted by atomic mass is 9.78. The van der Waals surface area contributed by atoms with Gasteiger partial charge in [0.2, 0.25) is 11.4 Å². The molecule has 1 aliphatic heterocycles. The van der Waals surface area contributed by atoms with Crippen molar-refractivity contribution < 1.29 is 24.2 Å². The Kier molecular flexibility index (Phi) is 2.17. The number of Topliss-reactive ketones (excluding diaryl/α,β-unsaturated/α-hetero) is 2. The average Bonchev–Trinajstić information content (AvgIpc) is 2.62. The quantitative estimate of drug-likeness (QED) is 0.711. The fourth-order valence-electron chi connectivity index (χ4n) is 2.54. The SMILES string of the molecule is CC1=C[C@]2(CC(=O)c3c(O)cccc3C2=O)OC1=O. The Morgan fingerprint density at radius 1 is 1.26 bits per heavy atom. The van der Waals surface area contributed by atoms with Gasteiger partial charge in [0.25, 0.3) is 0 Å². The first kappa shape index (κ1) is 11.6. The molecule has 5 heteroatoms. The maximum atomic E-state index is 12.4. The summed E-state index contributed by atoms with van der Waals surface area (Å²) in [6.45, 7) is 1.53. The van der Waals surface area contributed by atoms with E-state index in [9.17, 15) is 19.5 Å². The van der Waals surface area contributed by atoms with Gasteiger partial charge in [0.15, 0.2) is 5.78 Å². The summed E-state index contributed by atoms with van der Waals surface area (Å²) in [4.78, 5) is 36.0. The van der Waals surface area contributed by atoms with Crippen LogP contribution in [0.15, 0.2) is 29.8 Å². The molecule has 0 bridgehead atoms. The summed E-state index contributed by atoms with van der Waals surface area (Å²) in [6.07, 6.45) is 1.13.